The molecule has 0 unspecified atom stereocenters. The lowest BCUT2D eigenvalue weighted by Crippen LogP contribution is -3.27. The Balaban J connectivity index is 1.89. The van der Waals surface area contributed by atoms with Gasteiger partial charge in [-0.1, -0.05) is 38.5 Å². The summed E-state index contributed by atoms with van der Waals surface area (Å²) in [7, 11) is -3.06. The number of rotatable bonds is 1. The fourth-order valence-corrected chi connectivity index (χ4v) is 8.17. The molecule has 0 bridgehead atoms. The highest BCUT2D eigenvalue weighted by Crippen LogP contribution is 2.40. The van der Waals surface area contributed by atoms with Crippen molar-refractivity contribution in [3.63, 3.8) is 0 Å². The van der Waals surface area contributed by atoms with E-state index in [4.69, 9.17) is 4.74 Å². The number of carbonyl (C=O) groups excluding carboxylic acids is 1. The zero-order valence-electron chi connectivity index (χ0n) is 15.6. The van der Waals surface area contributed by atoms with Crippen molar-refractivity contribution in [3.8, 4) is 0 Å². The van der Waals surface area contributed by atoms with Gasteiger partial charge in [-0.3, -0.25) is 4.79 Å². The quantitative estimate of drug-likeness (QED) is 0.750. The summed E-state index contributed by atoms with van der Waals surface area (Å²) in [6.45, 7) is 4.99. The maximum atomic E-state index is 12.9. The van der Waals surface area contributed by atoms with Crippen LogP contribution in [0.5, 0.6) is 0 Å². The highest BCUT2D eigenvalue weighted by atomic mass is 32.2. The molecular weight excluding hydrogens is 338 g/mol. The first-order valence-electron chi connectivity index (χ1n) is 10.2. The number of Topliss-reactive ketones (excluding diaryl/α,β-unsaturated/α-hetero) is 1. The average molecular weight is 373 g/mol. The van der Waals surface area contributed by atoms with E-state index in [-0.39, 0.29) is 22.7 Å². The van der Waals surface area contributed by atoms with Crippen LogP contribution in [-0.4, -0.2) is 57.0 Å². The van der Waals surface area contributed by atoms with Crippen molar-refractivity contribution in [2.24, 2.45) is 5.92 Å². The van der Waals surface area contributed by atoms with Crippen LogP contribution in [0.15, 0.2) is 0 Å². The third kappa shape index (κ3) is 3.81. The molecule has 5 nitrogen and oxygen atoms in total. The number of morpholine rings is 1. The molecule has 0 radical (unpaired) electrons. The molecule has 0 spiro atoms. The van der Waals surface area contributed by atoms with E-state index in [0.717, 1.165) is 45.2 Å². The summed E-state index contributed by atoms with van der Waals surface area (Å²) in [6.07, 6.45) is 9.09. The van der Waals surface area contributed by atoms with Crippen molar-refractivity contribution < 1.29 is 22.8 Å². The average Bonchev–Trinajstić information content (AvgIpc) is 2.61. The molecule has 2 aliphatic heterocycles. The Morgan fingerprint density at radius 2 is 1.60 bits per heavy atom. The Morgan fingerprint density at radius 1 is 1.00 bits per heavy atom. The molecule has 3 aliphatic rings. The minimum absolute atomic E-state index is 0.171. The molecule has 1 aliphatic carbocycles. The number of ketones is 1. The van der Waals surface area contributed by atoms with Crippen LogP contribution in [0.2, 0.25) is 0 Å². The Morgan fingerprint density at radius 3 is 2.24 bits per heavy atom. The first-order chi connectivity index (χ1) is 12.0. The molecular formula is C19H34NO4S+. The number of hydrogen-bond acceptors (Lipinski definition) is 4. The number of quaternary nitrogens is 1. The van der Waals surface area contributed by atoms with Crippen LogP contribution in [0.3, 0.4) is 0 Å². The molecule has 25 heavy (non-hydrogen) atoms. The van der Waals surface area contributed by atoms with Gasteiger partial charge in [0, 0.05) is 6.42 Å². The fourth-order valence-electron chi connectivity index (χ4n) is 5.32. The number of ether oxygens (including phenoxy) is 1. The molecule has 6 heteroatoms. The molecule has 3 rings (SSSR count). The van der Waals surface area contributed by atoms with E-state index >= 15 is 0 Å². The summed E-state index contributed by atoms with van der Waals surface area (Å²) in [5.74, 6) is 0.292. The van der Waals surface area contributed by atoms with Gasteiger partial charge < -0.3 is 9.64 Å². The zero-order chi connectivity index (χ0) is 17.9. The molecule has 0 aromatic rings. The predicted molar refractivity (Wildman–Crippen MR) is 97.5 cm³/mol. The van der Waals surface area contributed by atoms with E-state index in [1.807, 2.05) is 6.92 Å². The van der Waals surface area contributed by atoms with E-state index < -0.39 is 15.4 Å². The monoisotopic (exact) mass is 372 g/mol. The van der Waals surface area contributed by atoms with E-state index in [1.54, 1.807) is 0 Å². The van der Waals surface area contributed by atoms with Crippen molar-refractivity contribution in [3.05, 3.63) is 0 Å². The predicted octanol–water partition coefficient (Wildman–Crippen LogP) is 1.17. The van der Waals surface area contributed by atoms with Gasteiger partial charge in [-0.05, 0) is 19.8 Å². The summed E-state index contributed by atoms with van der Waals surface area (Å²) in [5, 5.41) is -0.340. The third-order valence-corrected chi connectivity index (χ3v) is 9.25. The third-order valence-electron chi connectivity index (χ3n) is 6.85. The lowest BCUT2D eigenvalue weighted by atomic mass is 9.75. The van der Waals surface area contributed by atoms with Crippen molar-refractivity contribution in [2.75, 3.05) is 32.1 Å². The highest BCUT2D eigenvalue weighted by molar-refractivity contribution is 7.93. The van der Waals surface area contributed by atoms with Crippen LogP contribution >= 0.6 is 0 Å². The first kappa shape index (κ1) is 19.3. The summed E-state index contributed by atoms with van der Waals surface area (Å²) in [5.41, 5.74) is -0.409. The number of sulfone groups is 1. The second-order valence-electron chi connectivity index (χ2n) is 8.25. The van der Waals surface area contributed by atoms with Crippen LogP contribution in [0.4, 0.5) is 0 Å². The van der Waals surface area contributed by atoms with Crippen LogP contribution in [0.1, 0.15) is 64.7 Å². The highest BCUT2D eigenvalue weighted by Gasteiger charge is 2.68. The lowest BCUT2D eigenvalue weighted by Gasteiger charge is -2.55. The number of hydrogen-bond donors (Lipinski definition) is 1. The number of carbonyl (C=O) groups is 1. The SMILES string of the molecule is C[C@@H]1C(=O)CCCCCCCCC[C@H]2[C@]1([NH+]1CCOCC1)CS2(=O)=O. The van der Waals surface area contributed by atoms with Gasteiger partial charge in [0.1, 0.15) is 35.4 Å². The molecule has 0 aromatic carbocycles. The summed E-state index contributed by atoms with van der Waals surface area (Å²) in [4.78, 5) is 14.2. The Labute approximate surface area is 152 Å². The van der Waals surface area contributed by atoms with Crippen molar-refractivity contribution >= 4 is 15.6 Å². The molecule has 1 N–H and O–H groups in total. The van der Waals surface area contributed by atoms with Crippen molar-refractivity contribution in [2.45, 2.75) is 75.5 Å². The van der Waals surface area contributed by atoms with E-state index in [2.05, 4.69) is 0 Å². The fraction of sp³-hybridized carbons (Fsp3) is 0.947. The van der Waals surface area contributed by atoms with Crippen LogP contribution in [0.25, 0.3) is 0 Å². The summed E-state index contributed by atoms with van der Waals surface area (Å²) in [6, 6.07) is 0. The minimum Gasteiger partial charge on any atom is -0.370 e. The Kier molecular flexibility index (Phi) is 6.22. The number of fused-ring (bicyclic) bond motifs is 1. The molecule has 3 atom stereocenters. The molecule has 2 saturated heterocycles. The van der Waals surface area contributed by atoms with Gasteiger partial charge in [0.15, 0.2) is 9.84 Å². The maximum absolute atomic E-state index is 12.9. The van der Waals surface area contributed by atoms with E-state index in [9.17, 15) is 13.2 Å². The second kappa shape index (κ2) is 8.05. The van der Waals surface area contributed by atoms with E-state index in [1.165, 1.54) is 24.2 Å². The van der Waals surface area contributed by atoms with Gasteiger partial charge >= 0.3 is 0 Å². The molecule has 0 aromatic heterocycles. The smallest absolute Gasteiger partial charge is 0.165 e. The van der Waals surface area contributed by atoms with Gasteiger partial charge in [-0.25, -0.2) is 8.42 Å². The van der Waals surface area contributed by atoms with Crippen molar-refractivity contribution in [1.29, 1.82) is 0 Å². The van der Waals surface area contributed by atoms with E-state index in [0.29, 0.717) is 19.6 Å². The molecule has 144 valence electrons. The summed E-state index contributed by atoms with van der Waals surface area (Å²) >= 11 is 0. The van der Waals surface area contributed by atoms with Crippen LogP contribution in [-0.2, 0) is 19.4 Å². The minimum atomic E-state index is -3.06. The second-order valence-corrected chi connectivity index (χ2v) is 10.4. The molecule has 1 saturated carbocycles. The first-order valence-corrected chi connectivity index (χ1v) is 11.9. The van der Waals surface area contributed by atoms with Crippen molar-refractivity contribution in [1.82, 2.24) is 0 Å². The Hall–Kier alpha value is -0.460. The van der Waals surface area contributed by atoms with Gasteiger partial charge in [0.05, 0.1) is 19.1 Å². The summed E-state index contributed by atoms with van der Waals surface area (Å²) < 4.78 is 30.9. The van der Waals surface area contributed by atoms with Gasteiger partial charge in [-0.2, -0.15) is 0 Å². The van der Waals surface area contributed by atoms with Crippen LogP contribution < -0.4 is 4.90 Å². The normalized spacial score (nSPS) is 38.5. The van der Waals surface area contributed by atoms with Gasteiger partial charge in [-0.15, -0.1) is 0 Å². The molecule has 3 fully saturated rings. The van der Waals surface area contributed by atoms with Gasteiger partial charge in [0.2, 0.25) is 0 Å². The lowest BCUT2D eigenvalue weighted by molar-refractivity contribution is -0.961. The number of nitrogens with one attached hydrogen (secondary N) is 1. The molecule has 0 amide bonds. The Bertz CT molecular complexity index is 570. The van der Waals surface area contributed by atoms with Crippen LogP contribution in [0, 0.1) is 5.92 Å². The van der Waals surface area contributed by atoms with Gasteiger partial charge in [0.25, 0.3) is 0 Å². The topological polar surface area (TPSA) is 64.9 Å². The maximum Gasteiger partial charge on any atom is 0.165 e. The standard InChI is InChI=1S/C19H33NO4S/c1-16-17(21)9-7-5-3-2-4-6-8-10-18-19(16,15-25(18,22)23)20-11-13-24-14-12-20/h16,18H,2-15H2,1H3/p+1/t16-,18+,19+/m1/s1. The molecule has 2 heterocycles. The largest absolute Gasteiger partial charge is 0.370 e. The zero-order valence-corrected chi connectivity index (χ0v) is 16.4.